The largest absolute Gasteiger partial charge is 0.480 e. The average Bonchev–Trinajstić information content (AvgIpc) is 1.73. The molecule has 2 aliphatic heterocycles. The number of guanidine groups is 3. The minimum atomic E-state index is -1.76. The Bertz CT molecular complexity index is 4140. The van der Waals surface area contributed by atoms with Crippen LogP contribution in [0.4, 0.5) is 0 Å². The minimum absolute atomic E-state index is 0.000779. The first-order valence-electron chi connectivity index (χ1n) is 37.7. The van der Waals surface area contributed by atoms with Gasteiger partial charge in [0.1, 0.15) is 48.3 Å². The van der Waals surface area contributed by atoms with E-state index in [9.17, 15) is 39.0 Å². The van der Waals surface area contributed by atoms with Crippen molar-refractivity contribution in [3.8, 4) is 0 Å². The van der Waals surface area contributed by atoms with E-state index in [-0.39, 0.29) is 146 Å². The number of amidine groups is 1. The van der Waals surface area contributed by atoms with Gasteiger partial charge in [0.25, 0.3) is 0 Å². The zero-order chi connectivity index (χ0) is 83.4. The number of nitrogens with two attached hydrogens (primary N) is 7. The number of nitrogens with one attached hydrogen (secondary N) is 9. The molecule has 2 saturated heterocycles. The molecule has 25 N–H and O–H groups in total. The van der Waals surface area contributed by atoms with Crippen molar-refractivity contribution in [1.29, 1.82) is 5.41 Å². The van der Waals surface area contributed by atoms with Crippen LogP contribution >= 0.6 is 32.9 Å². The Labute approximate surface area is 669 Å². The molecule has 0 bridgehead atoms. The number of carbonyl (C=O) groups excluding carboxylic acids is 11. The van der Waals surface area contributed by atoms with Crippen molar-refractivity contribution in [2.24, 2.45) is 72.4 Å². The second-order valence-electron chi connectivity index (χ2n) is 30.1. The Morgan fingerprint density at radius 3 is 1.81 bits per heavy atom. The number of carboxylic acids is 1. The fourth-order valence-electron chi connectivity index (χ4n) is 13.4. The summed E-state index contributed by atoms with van der Waals surface area (Å²) in [5, 5.41) is 55.8. The molecule has 1 aromatic heterocycles. The van der Waals surface area contributed by atoms with E-state index in [0.29, 0.717) is 11.1 Å². The molecule has 37 heteroatoms. The number of nitrogens with zero attached hydrogens (tertiary/aromatic N) is 4. The lowest BCUT2D eigenvalue weighted by molar-refractivity contribution is -0.146. The fourth-order valence-corrected chi connectivity index (χ4v) is 17.3. The molecule has 618 valence electrons. The second kappa shape index (κ2) is 43.8. The quantitative estimate of drug-likeness (QED) is 0.0146. The summed E-state index contributed by atoms with van der Waals surface area (Å²) in [6.45, 7) is 10.4. The minimum Gasteiger partial charge on any atom is -0.480 e. The molecule has 0 spiro atoms. The number of Topliss-reactive ketones (excluding diaryl/α,β-unsaturated/α-hetero) is 2. The number of hydrogen-bond donors (Lipinski definition) is 18. The number of thiophene rings is 1. The van der Waals surface area contributed by atoms with Gasteiger partial charge in [0.05, 0.1) is 23.9 Å². The molecular formula is C76H112N20O14S3. The van der Waals surface area contributed by atoms with Gasteiger partial charge in [-0.3, -0.25) is 73.1 Å². The highest BCUT2D eigenvalue weighted by Gasteiger charge is 2.46. The van der Waals surface area contributed by atoms with Crippen LogP contribution in [-0.2, 0) is 70.4 Å². The topological polar surface area (TPSA) is 588 Å². The van der Waals surface area contributed by atoms with E-state index >= 15 is 28.8 Å². The van der Waals surface area contributed by atoms with E-state index in [4.69, 9.17) is 45.5 Å². The summed E-state index contributed by atoms with van der Waals surface area (Å²) < 4.78 is -0.579. The maximum atomic E-state index is 15.9. The van der Waals surface area contributed by atoms with Gasteiger partial charge in [-0.15, -0.1) is 11.3 Å². The van der Waals surface area contributed by atoms with Crippen LogP contribution in [-0.4, -0.2) is 207 Å². The van der Waals surface area contributed by atoms with Gasteiger partial charge in [0, 0.05) is 86.3 Å². The van der Waals surface area contributed by atoms with Gasteiger partial charge in [-0.2, -0.15) is 0 Å². The number of aliphatic hydroxyl groups is 1. The van der Waals surface area contributed by atoms with Crippen LogP contribution in [0.1, 0.15) is 149 Å². The number of carbonyl (C=O) groups is 12. The van der Waals surface area contributed by atoms with Crippen molar-refractivity contribution in [3.05, 3.63) is 83.2 Å². The number of unbranched alkanes of at least 4 members (excludes halogenated alkanes) is 1. The molecule has 2 aliphatic rings. The zero-order valence-electron chi connectivity index (χ0n) is 65.1. The van der Waals surface area contributed by atoms with E-state index in [1.54, 1.807) is 40.7 Å². The number of ketones is 2. The molecular weight excluding hydrogens is 1510 g/mol. The lowest BCUT2D eigenvalue weighted by atomic mass is 9.85. The lowest BCUT2D eigenvalue weighted by Crippen LogP contribution is -2.60. The first kappa shape index (κ1) is 91.7. The molecule has 0 radical (unpaired) electrons. The summed E-state index contributed by atoms with van der Waals surface area (Å²) in [7, 11) is 1.99. The highest BCUT2D eigenvalue weighted by molar-refractivity contribution is 8.77. The molecule has 6 rings (SSSR count). The van der Waals surface area contributed by atoms with Gasteiger partial charge in [-0.05, 0) is 129 Å². The number of aliphatic hydroxyl groups excluding tert-OH is 1. The number of benzene rings is 3. The number of amides is 9. The molecule has 34 nitrogen and oxygen atoms in total. The summed E-state index contributed by atoms with van der Waals surface area (Å²) in [6.07, 6.45) is -2.48. The highest BCUT2D eigenvalue weighted by Crippen LogP contribution is 2.44. The normalized spacial score (nSPS) is 21.6. The first-order chi connectivity index (χ1) is 53.3. The van der Waals surface area contributed by atoms with Crippen molar-refractivity contribution < 1.29 is 67.7 Å². The van der Waals surface area contributed by atoms with Crippen molar-refractivity contribution >= 4 is 148 Å². The highest BCUT2D eigenvalue weighted by atomic mass is 33.1. The molecule has 3 aromatic carbocycles. The van der Waals surface area contributed by atoms with Crippen LogP contribution in [0.25, 0.3) is 20.9 Å². The SMILES string of the molecule is CC(=O)N[C@H]1CSSC(C)(C)[C@@H](C(=O)N[C@H](C(=O)C[C@@H](CCCN=C(N)N)C(=O)N[C@H](C(=O)O)C(C)(C)C)[C@@H](C)O)CC(=O)[C@@H]2CCCN2C(=O)[C@H](Cc2csc3ccccc23)NC(=O)[C@H](Cc2ccc3ccccc3c2)NC(=O)[C@H](CCCN=C(N)N)NC(=O)[C@H](CCCN=C(N)N)NC(=O)[C@@H](CCCCC(=N)N)NC1=O. The van der Waals surface area contributed by atoms with Gasteiger partial charge in [0.2, 0.25) is 53.2 Å². The summed E-state index contributed by atoms with van der Waals surface area (Å²) in [5.74, 6) is -14.3. The summed E-state index contributed by atoms with van der Waals surface area (Å²) >= 11 is 1.40. The van der Waals surface area contributed by atoms with Crippen LogP contribution in [0.3, 0.4) is 0 Å². The van der Waals surface area contributed by atoms with Crippen LogP contribution in [0.5, 0.6) is 0 Å². The van der Waals surface area contributed by atoms with Crippen LogP contribution < -0.4 is 82.7 Å². The van der Waals surface area contributed by atoms with Crippen LogP contribution in [0.15, 0.2) is 87.1 Å². The summed E-state index contributed by atoms with van der Waals surface area (Å²) in [4.78, 5) is 191. The molecule has 113 heavy (non-hydrogen) atoms. The predicted molar refractivity (Wildman–Crippen MR) is 438 cm³/mol. The van der Waals surface area contributed by atoms with Gasteiger partial charge in [-0.1, -0.05) is 109 Å². The average molecular weight is 1630 g/mol. The Hall–Kier alpha value is -10.1. The molecule has 4 aromatic rings. The number of carboxylic acid groups (broad SMARTS) is 1. The van der Waals surface area contributed by atoms with Gasteiger partial charge in [0.15, 0.2) is 29.4 Å². The lowest BCUT2D eigenvalue weighted by Gasteiger charge is -2.35. The van der Waals surface area contributed by atoms with Crippen molar-refractivity contribution in [2.45, 2.75) is 216 Å². The third-order valence-electron chi connectivity index (χ3n) is 19.5. The van der Waals surface area contributed by atoms with E-state index in [1.807, 2.05) is 66.0 Å². The maximum absolute atomic E-state index is 15.9. The van der Waals surface area contributed by atoms with Crippen LogP contribution in [0.2, 0.25) is 0 Å². The van der Waals surface area contributed by atoms with Crippen molar-refractivity contribution in [3.63, 3.8) is 0 Å². The number of fused-ring (bicyclic) bond motifs is 3. The molecule has 12 atom stereocenters. The van der Waals surface area contributed by atoms with E-state index < -0.39 is 166 Å². The van der Waals surface area contributed by atoms with Gasteiger partial charge in [-0.25, -0.2) is 4.79 Å². The Balaban J connectivity index is 1.52. The number of hydrogen-bond acceptors (Lipinski definition) is 20. The third-order valence-corrected chi connectivity index (χ3v) is 23.9. The Morgan fingerprint density at radius 2 is 1.24 bits per heavy atom. The van der Waals surface area contributed by atoms with E-state index in [2.05, 4.69) is 57.5 Å². The van der Waals surface area contributed by atoms with Crippen molar-refractivity contribution in [1.82, 2.24) is 47.4 Å². The van der Waals surface area contributed by atoms with E-state index in [0.717, 1.165) is 49.4 Å². The summed E-state index contributed by atoms with van der Waals surface area (Å²) in [5.41, 5.74) is 39.9. The fraction of sp³-hybridized carbons (Fsp3) is 0.553. The number of aliphatic imine (C=N–C) groups is 3. The van der Waals surface area contributed by atoms with E-state index in [1.165, 1.54) is 23.2 Å². The molecule has 2 fully saturated rings. The standard InChI is InChI=1S/C76H112N20O14S3/c1-41(97)61(58(100)37-46(20-14-30-85-72(79)80)63(101)95-62(71(109)110)75(3,4)5)94-64(102)49-38-57(99)56-25-17-33-96(56)70(108)54(36-47-39-111-59-26-12-10-21-48(47)59)93-68(106)53(35-43-28-29-44-18-8-9-19-45(44)34-43)92-67(105)52(24-16-32-87-74(83)84)90-66(104)51(23-15-31-86-73(81)82)89-65(103)50(22-11-13-27-60(77)78)91-69(107)55(88-42(2)98)40-112-113-76(49,6)7/h8-10,12,18-19,21,26,28-29,34,39,41,46,49-56,61-62,97H,11,13-17,20,22-25,27,30-33,35-38,40H2,1-7H3,(H3,77,78)(H,88,98)(H,89,103)(H,90,104)(H,91,107)(H,92,105)(H,93,106)(H,94,102)(H,95,101)(H,109,110)(H4,79,80,85)(H4,81,82,86)(H4,83,84,87)/t41-,46-,49-,50-,51+,52+,53+,54+,55+,56+,61+,62-/m1/s1. The summed E-state index contributed by atoms with van der Waals surface area (Å²) in [6, 6.07) is 7.12. The first-order valence-corrected chi connectivity index (χ1v) is 40.9. The Morgan fingerprint density at radius 1 is 0.690 bits per heavy atom. The maximum Gasteiger partial charge on any atom is 0.326 e. The molecule has 3 heterocycles. The number of aliphatic carboxylic acids is 1. The van der Waals surface area contributed by atoms with Crippen LogP contribution in [0, 0.1) is 22.7 Å². The monoisotopic (exact) mass is 1620 g/mol. The second-order valence-corrected chi connectivity index (χ2v) is 34.1. The zero-order valence-corrected chi connectivity index (χ0v) is 67.5. The molecule has 9 amide bonds. The van der Waals surface area contributed by atoms with Gasteiger partial charge >= 0.3 is 5.97 Å². The van der Waals surface area contributed by atoms with Gasteiger partial charge < -0.3 is 97.8 Å². The molecule has 0 unspecified atom stereocenters. The molecule has 0 saturated carbocycles. The third kappa shape index (κ3) is 29.1. The smallest absolute Gasteiger partial charge is 0.326 e. The van der Waals surface area contributed by atoms with Crippen molar-refractivity contribution in [2.75, 3.05) is 31.9 Å². The molecule has 0 aliphatic carbocycles. The predicted octanol–water partition coefficient (Wildman–Crippen LogP) is 1.22. The Kier molecular flexibility index (Phi) is 35.5. The number of rotatable bonds is 31.